The van der Waals surface area contributed by atoms with E-state index in [0.717, 1.165) is 6.42 Å². The zero-order valence-corrected chi connectivity index (χ0v) is 10.5. The number of nitrogens with one attached hydrogen (secondary N) is 2. The number of nitrogen functional groups attached to an aromatic ring is 1. The van der Waals surface area contributed by atoms with E-state index in [9.17, 15) is 4.79 Å². The lowest BCUT2D eigenvalue weighted by atomic mass is 10.1. The van der Waals surface area contributed by atoms with Gasteiger partial charge in [-0.1, -0.05) is 30.3 Å². The molecule has 1 heterocycles. The second kappa shape index (κ2) is 6.66. The van der Waals surface area contributed by atoms with Gasteiger partial charge in [-0.15, -0.1) is 12.4 Å². The summed E-state index contributed by atoms with van der Waals surface area (Å²) in [5, 5.41) is 2.78. The Bertz CT molecular complexity index is 498. The maximum absolute atomic E-state index is 11.7. The van der Waals surface area contributed by atoms with Crippen LogP contribution in [0.15, 0.2) is 36.7 Å². The highest BCUT2D eigenvalue weighted by Gasteiger charge is 2.10. The maximum atomic E-state index is 11.7. The molecule has 0 aliphatic carbocycles. The molecule has 0 aliphatic heterocycles. The van der Waals surface area contributed by atoms with Crippen molar-refractivity contribution in [1.29, 1.82) is 0 Å². The van der Waals surface area contributed by atoms with Crippen LogP contribution in [0.1, 0.15) is 16.1 Å². The lowest BCUT2D eigenvalue weighted by molar-refractivity contribution is 0.0950. The summed E-state index contributed by atoms with van der Waals surface area (Å²) in [5.41, 5.74) is 7.02. The fourth-order valence-electron chi connectivity index (χ4n) is 1.54. The summed E-state index contributed by atoms with van der Waals surface area (Å²) < 4.78 is 0. The molecule has 2 aromatic rings. The minimum atomic E-state index is -0.226. The summed E-state index contributed by atoms with van der Waals surface area (Å²) in [6.07, 6.45) is 2.20. The Hall–Kier alpha value is -2.01. The van der Waals surface area contributed by atoms with Crippen molar-refractivity contribution in [2.45, 2.75) is 6.42 Å². The molecule has 2 rings (SSSR count). The molecule has 6 heteroatoms. The van der Waals surface area contributed by atoms with Crippen LogP contribution < -0.4 is 11.1 Å². The summed E-state index contributed by atoms with van der Waals surface area (Å²) in [4.78, 5) is 18.1. The van der Waals surface area contributed by atoms with E-state index in [0.29, 0.717) is 12.2 Å². The lowest BCUT2D eigenvalue weighted by Crippen LogP contribution is -2.26. The van der Waals surface area contributed by atoms with Crippen LogP contribution in [0.3, 0.4) is 0 Å². The molecule has 0 saturated carbocycles. The van der Waals surface area contributed by atoms with Gasteiger partial charge in [-0.3, -0.25) is 4.79 Å². The normalized spacial score (nSPS) is 9.56. The van der Waals surface area contributed by atoms with E-state index >= 15 is 0 Å². The smallest absolute Gasteiger partial charge is 0.271 e. The minimum Gasteiger partial charge on any atom is -0.382 e. The Labute approximate surface area is 111 Å². The predicted octanol–water partition coefficient (Wildman–Crippen LogP) is 1.39. The Kier molecular flexibility index (Phi) is 5.20. The number of aromatic amines is 1. The van der Waals surface area contributed by atoms with E-state index in [4.69, 9.17) is 5.73 Å². The Morgan fingerprint density at radius 3 is 2.67 bits per heavy atom. The SMILES string of the molecule is Cl.Nc1nc[nH]c1C(=O)NCCc1ccccc1. The van der Waals surface area contributed by atoms with Crippen molar-refractivity contribution in [2.24, 2.45) is 0 Å². The van der Waals surface area contributed by atoms with Gasteiger partial charge in [0.05, 0.1) is 6.33 Å². The van der Waals surface area contributed by atoms with Gasteiger partial charge in [-0.25, -0.2) is 4.98 Å². The number of nitrogens with two attached hydrogens (primary N) is 1. The van der Waals surface area contributed by atoms with Gasteiger partial charge in [0.25, 0.3) is 5.91 Å². The molecule has 5 nitrogen and oxygen atoms in total. The Morgan fingerprint density at radius 1 is 1.33 bits per heavy atom. The fraction of sp³-hybridized carbons (Fsp3) is 0.167. The van der Waals surface area contributed by atoms with Gasteiger partial charge in [0.2, 0.25) is 0 Å². The average Bonchev–Trinajstić information content (AvgIpc) is 2.77. The standard InChI is InChI=1S/C12H14N4O.ClH/c13-11-10(15-8-16-11)12(17)14-7-6-9-4-2-1-3-5-9;/h1-5,8H,6-7,13H2,(H,14,17)(H,15,16);1H. The van der Waals surface area contributed by atoms with Gasteiger partial charge in [0, 0.05) is 6.54 Å². The van der Waals surface area contributed by atoms with Gasteiger partial charge in [0.1, 0.15) is 5.69 Å². The van der Waals surface area contributed by atoms with Crippen molar-refractivity contribution in [2.75, 3.05) is 12.3 Å². The van der Waals surface area contributed by atoms with Crippen molar-refractivity contribution in [3.05, 3.63) is 47.9 Å². The number of aromatic nitrogens is 2. The molecule has 0 saturated heterocycles. The minimum absolute atomic E-state index is 0. The van der Waals surface area contributed by atoms with Crippen LogP contribution >= 0.6 is 12.4 Å². The second-order valence-corrected chi connectivity index (χ2v) is 3.65. The molecule has 4 N–H and O–H groups in total. The number of anilines is 1. The fourth-order valence-corrected chi connectivity index (χ4v) is 1.54. The van der Waals surface area contributed by atoms with Crippen molar-refractivity contribution >= 4 is 24.1 Å². The highest BCUT2D eigenvalue weighted by molar-refractivity contribution is 5.96. The van der Waals surface area contributed by atoms with E-state index < -0.39 is 0 Å². The molecule has 0 radical (unpaired) electrons. The lowest BCUT2D eigenvalue weighted by Gasteiger charge is -2.04. The van der Waals surface area contributed by atoms with Crippen molar-refractivity contribution in [3.8, 4) is 0 Å². The largest absolute Gasteiger partial charge is 0.382 e. The van der Waals surface area contributed by atoms with Crippen molar-refractivity contribution < 1.29 is 4.79 Å². The Morgan fingerprint density at radius 2 is 2.06 bits per heavy atom. The number of benzene rings is 1. The molecule has 0 spiro atoms. The van der Waals surface area contributed by atoms with E-state index in [1.165, 1.54) is 11.9 Å². The number of carbonyl (C=O) groups excluding carboxylic acids is 1. The molecule has 0 aliphatic rings. The first kappa shape index (κ1) is 14.1. The van der Waals surface area contributed by atoms with Crippen LogP contribution in [0.5, 0.6) is 0 Å². The second-order valence-electron chi connectivity index (χ2n) is 3.65. The van der Waals surface area contributed by atoms with Crippen LogP contribution in [-0.2, 0) is 6.42 Å². The average molecular weight is 267 g/mol. The van der Waals surface area contributed by atoms with Crippen LogP contribution in [-0.4, -0.2) is 22.4 Å². The predicted molar refractivity (Wildman–Crippen MR) is 72.7 cm³/mol. The van der Waals surface area contributed by atoms with E-state index in [1.807, 2.05) is 30.3 Å². The molecule has 0 unspecified atom stereocenters. The number of carbonyl (C=O) groups is 1. The number of amides is 1. The summed E-state index contributed by atoms with van der Waals surface area (Å²) in [6, 6.07) is 9.97. The highest BCUT2D eigenvalue weighted by Crippen LogP contribution is 2.03. The zero-order valence-electron chi connectivity index (χ0n) is 9.72. The Balaban J connectivity index is 0.00000162. The van der Waals surface area contributed by atoms with Gasteiger partial charge >= 0.3 is 0 Å². The summed E-state index contributed by atoms with van der Waals surface area (Å²) >= 11 is 0. The van der Waals surface area contributed by atoms with Gasteiger partial charge < -0.3 is 16.0 Å². The first-order chi connectivity index (χ1) is 8.27. The van der Waals surface area contributed by atoms with Crippen LogP contribution in [0.4, 0.5) is 5.82 Å². The molecule has 0 atom stereocenters. The summed E-state index contributed by atoms with van der Waals surface area (Å²) in [6.45, 7) is 0.571. The van der Waals surface area contributed by atoms with E-state index in [-0.39, 0.29) is 24.1 Å². The molecule has 1 amide bonds. The third-order valence-corrected chi connectivity index (χ3v) is 2.44. The molecule has 1 aromatic heterocycles. The molecular weight excluding hydrogens is 252 g/mol. The third-order valence-electron chi connectivity index (χ3n) is 2.44. The molecule has 96 valence electrons. The first-order valence-electron chi connectivity index (χ1n) is 5.38. The van der Waals surface area contributed by atoms with Crippen LogP contribution in [0, 0.1) is 0 Å². The van der Waals surface area contributed by atoms with E-state index in [1.54, 1.807) is 0 Å². The highest BCUT2D eigenvalue weighted by atomic mass is 35.5. The molecule has 1 aromatic carbocycles. The van der Waals surface area contributed by atoms with Crippen LogP contribution in [0.25, 0.3) is 0 Å². The summed E-state index contributed by atoms with van der Waals surface area (Å²) in [7, 11) is 0. The van der Waals surface area contributed by atoms with E-state index in [2.05, 4.69) is 15.3 Å². The number of imidazole rings is 1. The van der Waals surface area contributed by atoms with Crippen molar-refractivity contribution in [1.82, 2.24) is 15.3 Å². The number of nitrogens with zero attached hydrogens (tertiary/aromatic N) is 1. The monoisotopic (exact) mass is 266 g/mol. The molecule has 0 fully saturated rings. The van der Waals surface area contributed by atoms with Crippen molar-refractivity contribution in [3.63, 3.8) is 0 Å². The number of H-pyrrole nitrogens is 1. The summed E-state index contributed by atoms with van der Waals surface area (Å²) in [5.74, 6) is -0.00172. The number of hydrogen-bond donors (Lipinski definition) is 3. The van der Waals surface area contributed by atoms with Crippen LogP contribution in [0.2, 0.25) is 0 Å². The third kappa shape index (κ3) is 3.49. The molecule has 0 bridgehead atoms. The topological polar surface area (TPSA) is 83.8 Å². The molecular formula is C12H15ClN4O. The quantitative estimate of drug-likeness (QED) is 0.782. The zero-order chi connectivity index (χ0) is 12.1. The van der Waals surface area contributed by atoms with Gasteiger partial charge in [-0.05, 0) is 12.0 Å². The number of rotatable bonds is 4. The first-order valence-corrected chi connectivity index (χ1v) is 5.38. The number of halogens is 1. The number of hydrogen-bond acceptors (Lipinski definition) is 3. The molecule has 18 heavy (non-hydrogen) atoms. The van der Waals surface area contributed by atoms with Gasteiger partial charge in [-0.2, -0.15) is 0 Å². The van der Waals surface area contributed by atoms with Gasteiger partial charge in [0.15, 0.2) is 5.82 Å². The maximum Gasteiger partial charge on any atom is 0.271 e.